The average molecular weight is 226 g/mol. The molecule has 0 atom stereocenters. The molecule has 0 amide bonds. The number of nitrogens with zero attached hydrogens (tertiary/aromatic N) is 1. The molecule has 2 heterocycles. The first-order valence-corrected chi connectivity index (χ1v) is 5.17. The number of aromatic amines is 2. The number of nitrogens with one attached hydrogen (secondary N) is 2. The van der Waals surface area contributed by atoms with E-state index < -0.39 is 0 Å². The van der Waals surface area contributed by atoms with Crippen LogP contribution in [0.2, 0.25) is 0 Å². The van der Waals surface area contributed by atoms with Gasteiger partial charge < -0.3 is 5.73 Å². The number of fused-ring (bicyclic) bond motifs is 1. The van der Waals surface area contributed by atoms with Crippen LogP contribution in [0.3, 0.4) is 0 Å². The molecule has 0 fully saturated rings. The largest absolute Gasteiger partial charge is 0.384 e. The number of allylic oxidation sites excluding steroid dienone is 1. The second kappa shape index (κ2) is 3.48. The molecule has 5 heteroatoms. The third-order valence-electron chi connectivity index (χ3n) is 2.70. The van der Waals surface area contributed by atoms with Crippen LogP contribution < -0.4 is 11.3 Å². The van der Waals surface area contributed by atoms with Gasteiger partial charge >= 0.3 is 0 Å². The molecule has 3 rings (SSSR count). The van der Waals surface area contributed by atoms with Crippen LogP contribution in [0.5, 0.6) is 0 Å². The molecular weight excluding hydrogens is 216 g/mol. The molecule has 5 nitrogen and oxygen atoms in total. The summed E-state index contributed by atoms with van der Waals surface area (Å²) in [5.74, 6) is 0.334. The van der Waals surface area contributed by atoms with Gasteiger partial charge in [-0.05, 0) is 12.1 Å². The van der Waals surface area contributed by atoms with Gasteiger partial charge in [-0.2, -0.15) is 0 Å². The zero-order valence-corrected chi connectivity index (χ0v) is 8.90. The molecule has 1 aliphatic rings. The Labute approximate surface area is 96.7 Å². The lowest BCUT2D eigenvalue weighted by atomic mass is 10.1. The third-order valence-corrected chi connectivity index (χ3v) is 2.70. The zero-order valence-electron chi connectivity index (χ0n) is 8.90. The minimum absolute atomic E-state index is 0.229. The first-order valence-electron chi connectivity index (χ1n) is 5.17. The standard InChI is InChI=1S/C12H10N4O/c13-11-9(12(17)16-15-11)5-7-6-14-10-4-2-1-3-8(7)10/h1-6H,(H4,13,15,16,17)/b7-5+. The predicted molar refractivity (Wildman–Crippen MR) is 68.3 cm³/mol. The van der Waals surface area contributed by atoms with Gasteiger partial charge in [0.15, 0.2) is 0 Å². The summed E-state index contributed by atoms with van der Waals surface area (Å²) in [6, 6.07) is 7.76. The number of H-pyrrole nitrogens is 2. The van der Waals surface area contributed by atoms with E-state index in [9.17, 15) is 4.79 Å². The monoisotopic (exact) mass is 226 g/mol. The van der Waals surface area contributed by atoms with Crippen molar-refractivity contribution < 1.29 is 0 Å². The molecule has 0 saturated heterocycles. The second-order valence-corrected chi connectivity index (χ2v) is 3.78. The molecule has 0 unspecified atom stereocenters. The van der Waals surface area contributed by atoms with Crippen LogP contribution in [0.25, 0.3) is 11.6 Å². The van der Waals surface area contributed by atoms with E-state index in [1.54, 1.807) is 12.3 Å². The highest BCUT2D eigenvalue weighted by atomic mass is 16.1. The maximum atomic E-state index is 11.5. The van der Waals surface area contributed by atoms with Crippen LogP contribution in [0.1, 0.15) is 11.1 Å². The summed E-state index contributed by atoms with van der Waals surface area (Å²) in [6.07, 6.45) is 3.47. The Balaban J connectivity index is 2.15. The number of hydrogen-bond donors (Lipinski definition) is 3. The number of nitrogen functional groups attached to an aromatic ring is 1. The van der Waals surface area contributed by atoms with Crippen molar-refractivity contribution in [1.29, 1.82) is 0 Å². The number of rotatable bonds is 1. The quantitative estimate of drug-likeness (QED) is 0.688. The smallest absolute Gasteiger partial charge is 0.273 e. The fraction of sp³-hybridized carbons (Fsp3) is 0. The summed E-state index contributed by atoms with van der Waals surface area (Å²) < 4.78 is 0. The van der Waals surface area contributed by atoms with Crippen molar-refractivity contribution in [2.45, 2.75) is 0 Å². The minimum Gasteiger partial charge on any atom is -0.384 e. The van der Waals surface area contributed by atoms with Crippen LogP contribution in [0.4, 0.5) is 11.5 Å². The normalized spacial score (nSPS) is 15.4. The molecular formula is C12H10N4O. The van der Waals surface area contributed by atoms with Gasteiger partial charge in [-0.1, -0.05) is 18.2 Å². The maximum Gasteiger partial charge on any atom is 0.273 e. The molecule has 1 aromatic carbocycles. The molecule has 1 aromatic heterocycles. The van der Waals surface area contributed by atoms with Crippen LogP contribution in [-0.2, 0) is 0 Å². The zero-order chi connectivity index (χ0) is 11.8. The molecule has 17 heavy (non-hydrogen) atoms. The van der Waals surface area contributed by atoms with Gasteiger partial charge in [-0.15, -0.1) is 0 Å². The van der Waals surface area contributed by atoms with Gasteiger partial charge in [0.25, 0.3) is 5.56 Å². The van der Waals surface area contributed by atoms with E-state index in [1.807, 2.05) is 24.3 Å². The fourth-order valence-electron chi connectivity index (χ4n) is 1.83. The first-order chi connectivity index (χ1) is 8.25. The van der Waals surface area contributed by atoms with Gasteiger partial charge in [0.05, 0.1) is 11.3 Å². The van der Waals surface area contributed by atoms with Gasteiger partial charge in [0.1, 0.15) is 5.82 Å². The number of para-hydroxylation sites is 1. The predicted octanol–water partition coefficient (Wildman–Crippen LogP) is 1.54. The topological polar surface area (TPSA) is 87.0 Å². The Morgan fingerprint density at radius 1 is 1.24 bits per heavy atom. The van der Waals surface area contributed by atoms with E-state index in [0.29, 0.717) is 11.4 Å². The lowest BCUT2D eigenvalue weighted by molar-refractivity contribution is 1.06. The molecule has 1 aliphatic heterocycles. The number of benzene rings is 1. The highest BCUT2D eigenvalue weighted by Gasteiger charge is 2.13. The van der Waals surface area contributed by atoms with Crippen LogP contribution in [0, 0.1) is 0 Å². The van der Waals surface area contributed by atoms with Crippen LogP contribution in [0.15, 0.2) is 34.1 Å². The van der Waals surface area contributed by atoms with Crippen molar-refractivity contribution in [3.05, 3.63) is 45.7 Å². The SMILES string of the molecule is Nc1[nH][nH]c(=O)c1/C=C1\C=Nc2ccccc21. The Morgan fingerprint density at radius 3 is 2.82 bits per heavy atom. The Bertz CT molecular complexity index is 691. The Hall–Kier alpha value is -2.56. The molecule has 2 aromatic rings. The van der Waals surface area contributed by atoms with Gasteiger partial charge in [0, 0.05) is 17.4 Å². The maximum absolute atomic E-state index is 11.5. The summed E-state index contributed by atoms with van der Waals surface area (Å²) in [4.78, 5) is 15.7. The van der Waals surface area contributed by atoms with Crippen molar-refractivity contribution in [2.24, 2.45) is 4.99 Å². The van der Waals surface area contributed by atoms with Crippen molar-refractivity contribution in [1.82, 2.24) is 10.2 Å². The Morgan fingerprint density at radius 2 is 2.06 bits per heavy atom. The number of aliphatic imine (C=N–C) groups is 1. The number of anilines is 1. The van der Waals surface area contributed by atoms with Crippen LogP contribution >= 0.6 is 0 Å². The molecule has 0 spiro atoms. The number of aromatic nitrogens is 2. The van der Waals surface area contributed by atoms with E-state index in [1.165, 1.54) is 0 Å². The summed E-state index contributed by atoms with van der Waals surface area (Å²) in [7, 11) is 0. The van der Waals surface area contributed by atoms with Crippen molar-refractivity contribution in [3.8, 4) is 0 Å². The lowest BCUT2D eigenvalue weighted by Gasteiger charge is -1.97. The molecule has 0 saturated carbocycles. The number of hydrogen-bond acceptors (Lipinski definition) is 3. The van der Waals surface area contributed by atoms with Crippen molar-refractivity contribution in [3.63, 3.8) is 0 Å². The molecule has 0 bridgehead atoms. The van der Waals surface area contributed by atoms with E-state index >= 15 is 0 Å². The molecule has 0 radical (unpaired) electrons. The minimum atomic E-state index is -0.229. The highest BCUT2D eigenvalue weighted by molar-refractivity contribution is 6.21. The van der Waals surface area contributed by atoms with E-state index in [4.69, 9.17) is 5.73 Å². The fourth-order valence-corrected chi connectivity index (χ4v) is 1.83. The van der Waals surface area contributed by atoms with Crippen molar-refractivity contribution >= 4 is 29.4 Å². The summed E-state index contributed by atoms with van der Waals surface area (Å²) in [5.41, 5.74) is 8.67. The van der Waals surface area contributed by atoms with E-state index in [0.717, 1.165) is 16.8 Å². The average Bonchev–Trinajstić information content (AvgIpc) is 2.88. The second-order valence-electron chi connectivity index (χ2n) is 3.78. The lowest BCUT2D eigenvalue weighted by Crippen LogP contribution is -2.02. The molecule has 0 aliphatic carbocycles. The van der Waals surface area contributed by atoms with Crippen LogP contribution in [-0.4, -0.2) is 16.4 Å². The summed E-state index contributed by atoms with van der Waals surface area (Å²) >= 11 is 0. The van der Waals surface area contributed by atoms with E-state index in [-0.39, 0.29) is 5.56 Å². The molecule has 84 valence electrons. The Kier molecular flexibility index (Phi) is 1.98. The van der Waals surface area contributed by atoms with E-state index in [2.05, 4.69) is 15.2 Å². The number of nitrogens with two attached hydrogens (primary N) is 1. The van der Waals surface area contributed by atoms with Gasteiger partial charge in [0.2, 0.25) is 0 Å². The first kappa shape index (κ1) is 9.65. The molecule has 4 N–H and O–H groups in total. The van der Waals surface area contributed by atoms with Gasteiger partial charge in [-0.3, -0.25) is 20.0 Å². The van der Waals surface area contributed by atoms with Gasteiger partial charge in [-0.25, -0.2) is 0 Å². The summed E-state index contributed by atoms with van der Waals surface area (Å²) in [6.45, 7) is 0. The third kappa shape index (κ3) is 1.48. The summed E-state index contributed by atoms with van der Waals surface area (Å²) in [5, 5.41) is 5.03. The highest BCUT2D eigenvalue weighted by Crippen LogP contribution is 2.31. The van der Waals surface area contributed by atoms with Crippen molar-refractivity contribution in [2.75, 3.05) is 5.73 Å².